The number of carbonyl (C=O) groups is 2. The minimum absolute atomic E-state index is 0.0804. The molecule has 5 heteroatoms. The molecule has 1 rings (SSSR count). The maximum absolute atomic E-state index is 11.6. The quantitative estimate of drug-likeness (QED) is 0.812. The second-order valence-electron chi connectivity index (χ2n) is 4.82. The van der Waals surface area contributed by atoms with E-state index >= 15 is 0 Å². The third-order valence-corrected chi connectivity index (χ3v) is 2.99. The van der Waals surface area contributed by atoms with Crippen LogP contribution in [-0.2, 0) is 20.9 Å². The SMILES string of the molecule is COC(=O)C(CNC(=O)OCc1ccccc1)C(C)C. The summed E-state index contributed by atoms with van der Waals surface area (Å²) in [6.07, 6.45) is -0.539. The molecule has 0 aliphatic rings. The van der Waals surface area contributed by atoms with Crippen molar-refractivity contribution in [1.82, 2.24) is 5.32 Å². The molecule has 0 aliphatic heterocycles. The van der Waals surface area contributed by atoms with E-state index in [1.165, 1.54) is 7.11 Å². The van der Waals surface area contributed by atoms with Crippen LogP contribution in [0, 0.1) is 11.8 Å². The molecule has 0 saturated heterocycles. The molecule has 0 saturated carbocycles. The van der Waals surface area contributed by atoms with Crippen molar-refractivity contribution in [3.63, 3.8) is 0 Å². The van der Waals surface area contributed by atoms with Gasteiger partial charge in [0.2, 0.25) is 0 Å². The highest BCUT2D eigenvalue weighted by molar-refractivity contribution is 5.74. The summed E-state index contributed by atoms with van der Waals surface area (Å²) in [5, 5.41) is 2.59. The first-order valence-electron chi connectivity index (χ1n) is 6.57. The molecule has 0 heterocycles. The topological polar surface area (TPSA) is 64.6 Å². The lowest BCUT2D eigenvalue weighted by atomic mass is 9.96. The Bertz CT molecular complexity index is 431. The Labute approximate surface area is 119 Å². The van der Waals surface area contributed by atoms with Crippen LogP contribution in [0.4, 0.5) is 4.79 Å². The summed E-state index contributed by atoms with van der Waals surface area (Å²) < 4.78 is 9.77. The number of benzene rings is 1. The van der Waals surface area contributed by atoms with Crippen LogP contribution in [0.2, 0.25) is 0 Å². The maximum atomic E-state index is 11.6. The van der Waals surface area contributed by atoms with Gasteiger partial charge in [-0.15, -0.1) is 0 Å². The van der Waals surface area contributed by atoms with E-state index in [0.717, 1.165) is 5.56 Å². The number of carbonyl (C=O) groups excluding carboxylic acids is 2. The van der Waals surface area contributed by atoms with E-state index in [9.17, 15) is 9.59 Å². The van der Waals surface area contributed by atoms with Crippen LogP contribution < -0.4 is 5.32 Å². The largest absolute Gasteiger partial charge is 0.469 e. The lowest BCUT2D eigenvalue weighted by molar-refractivity contribution is -0.146. The number of hydrogen-bond acceptors (Lipinski definition) is 4. The normalized spacial score (nSPS) is 11.8. The molecule has 0 fully saturated rings. The molecule has 5 nitrogen and oxygen atoms in total. The minimum Gasteiger partial charge on any atom is -0.469 e. The summed E-state index contributed by atoms with van der Waals surface area (Å²) >= 11 is 0. The number of amides is 1. The summed E-state index contributed by atoms with van der Waals surface area (Å²) in [6.45, 7) is 4.21. The molecule has 1 N–H and O–H groups in total. The van der Waals surface area contributed by atoms with Gasteiger partial charge in [0.15, 0.2) is 0 Å². The van der Waals surface area contributed by atoms with Gasteiger partial charge in [0, 0.05) is 6.54 Å². The molecular formula is C15H21NO4. The molecule has 1 atom stereocenters. The average molecular weight is 279 g/mol. The van der Waals surface area contributed by atoms with E-state index in [1.807, 2.05) is 44.2 Å². The van der Waals surface area contributed by atoms with Crippen molar-refractivity contribution in [2.45, 2.75) is 20.5 Å². The number of nitrogens with one attached hydrogen (secondary N) is 1. The fourth-order valence-corrected chi connectivity index (χ4v) is 1.71. The van der Waals surface area contributed by atoms with Gasteiger partial charge in [-0.25, -0.2) is 4.79 Å². The molecule has 0 spiro atoms. The third-order valence-electron chi connectivity index (χ3n) is 2.99. The highest BCUT2D eigenvalue weighted by Gasteiger charge is 2.23. The van der Waals surface area contributed by atoms with Crippen LogP contribution in [0.25, 0.3) is 0 Å². The van der Waals surface area contributed by atoms with Gasteiger partial charge in [-0.3, -0.25) is 4.79 Å². The molecule has 0 aromatic heterocycles. The van der Waals surface area contributed by atoms with Crippen LogP contribution in [0.3, 0.4) is 0 Å². The number of esters is 1. The summed E-state index contributed by atoms with van der Waals surface area (Å²) in [6, 6.07) is 9.40. The fraction of sp³-hybridized carbons (Fsp3) is 0.467. The van der Waals surface area contributed by atoms with Crippen molar-refractivity contribution >= 4 is 12.1 Å². The third kappa shape index (κ3) is 5.30. The standard InChI is InChI=1S/C15H21NO4/c1-11(2)13(14(17)19-3)9-16-15(18)20-10-12-7-5-4-6-8-12/h4-8,11,13H,9-10H2,1-3H3,(H,16,18). The lowest BCUT2D eigenvalue weighted by Gasteiger charge is -2.18. The monoisotopic (exact) mass is 279 g/mol. The van der Waals surface area contributed by atoms with Crippen LogP contribution in [0.5, 0.6) is 0 Å². The first-order chi connectivity index (χ1) is 9.54. The number of alkyl carbamates (subject to hydrolysis) is 1. The number of methoxy groups -OCH3 is 1. The van der Waals surface area contributed by atoms with Gasteiger partial charge in [-0.2, -0.15) is 0 Å². The Morgan fingerprint density at radius 3 is 2.40 bits per heavy atom. The Hall–Kier alpha value is -2.04. The summed E-state index contributed by atoms with van der Waals surface area (Å²) in [7, 11) is 1.34. The predicted molar refractivity (Wildman–Crippen MR) is 75.0 cm³/mol. The zero-order valence-electron chi connectivity index (χ0n) is 12.1. The van der Waals surface area contributed by atoms with E-state index in [-0.39, 0.29) is 31.0 Å². The summed E-state index contributed by atoms with van der Waals surface area (Å²) in [5.74, 6) is -0.621. The molecule has 0 bridgehead atoms. The molecule has 0 radical (unpaired) electrons. The average Bonchev–Trinajstić information content (AvgIpc) is 2.45. The van der Waals surface area contributed by atoms with Crippen molar-refractivity contribution in [3.8, 4) is 0 Å². The Balaban J connectivity index is 2.36. The lowest BCUT2D eigenvalue weighted by Crippen LogP contribution is -2.36. The molecule has 1 aromatic rings. The van der Waals surface area contributed by atoms with Crippen molar-refractivity contribution in [1.29, 1.82) is 0 Å². The van der Waals surface area contributed by atoms with Crippen LogP contribution >= 0.6 is 0 Å². The molecule has 110 valence electrons. The van der Waals surface area contributed by atoms with Crippen molar-refractivity contribution in [2.75, 3.05) is 13.7 Å². The fourth-order valence-electron chi connectivity index (χ4n) is 1.71. The highest BCUT2D eigenvalue weighted by atomic mass is 16.5. The summed E-state index contributed by atoms with van der Waals surface area (Å²) in [5.41, 5.74) is 0.913. The Morgan fingerprint density at radius 1 is 1.20 bits per heavy atom. The van der Waals surface area contributed by atoms with Gasteiger partial charge in [-0.1, -0.05) is 44.2 Å². The zero-order chi connectivity index (χ0) is 15.0. The van der Waals surface area contributed by atoms with Crippen molar-refractivity contribution in [3.05, 3.63) is 35.9 Å². The van der Waals surface area contributed by atoms with E-state index in [2.05, 4.69) is 5.32 Å². The molecule has 1 aromatic carbocycles. The maximum Gasteiger partial charge on any atom is 0.407 e. The zero-order valence-corrected chi connectivity index (χ0v) is 12.1. The second kappa shape index (κ2) is 8.19. The van der Waals surface area contributed by atoms with E-state index < -0.39 is 6.09 Å². The van der Waals surface area contributed by atoms with Gasteiger partial charge in [0.25, 0.3) is 0 Å². The Morgan fingerprint density at radius 2 is 1.85 bits per heavy atom. The molecule has 1 unspecified atom stereocenters. The van der Waals surface area contributed by atoms with Gasteiger partial charge in [0.1, 0.15) is 6.61 Å². The molecule has 20 heavy (non-hydrogen) atoms. The predicted octanol–water partition coefficient (Wildman–Crippen LogP) is 2.36. The smallest absolute Gasteiger partial charge is 0.407 e. The van der Waals surface area contributed by atoms with E-state index in [4.69, 9.17) is 9.47 Å². The number of rotatable bonds is 6. The second-order valence-corrected chi connectivity index (χ2v) is 4.82. The van der Waals surface area contributed by atoms with Gasteiger partial charge in [-0.05, 0) is 11.5 Å². The highest BCUT2D eigenvalue weighted by Crippen LogP contribution is 2.11. The van der Waals surface area contributed by atoms with Crippen LogP contribution in [0.15, 0.2) is 30.3 Å². The molecule has 0 aliphatic carbocycles. The van der Waals surface area contributed by atoms with E-state index in [0.29, 0.717) is 0 Å². The summed E-state index contributed by atoms with van der Waals surface area (Å²) in [4.78, 5) is 23.1. The van der Waals surface area contributed by atoms with Gasteiger partial charge >= 0.3 is 12.1 Å². The molecule has 1 amide bonds. The van der Waals surface area contributed by atoms with Crippen LogP contribution in [-0.4, -0.2) is 25.7 Å². The van der Waals surface area contributed by atoms with Gasteiger partial charge in [0.05, 0.1) is 13.0 Å². The van der Waals surface area contributed by atoms with E-state index in [1.54, 1.807) is 0 Å². The minimum atomic E-state index is -0.539. The van der Waals surface area contributed by atoms with Gasteiger partial charge < -0.3 is 14.8 Å². The number of hydrogen-bond donors (Lipinski definition) is 1. The van der Waals surface area contributed by atoms with Crippen molar-refractivity contribution < 1.29 is 19.1 Å². The van der Waals surface area contributed by atoms with Crippen molar-refractivity contribution in [2.24, 2.45) is 11.8 Å². The Kier molecular flexibility index (Phi) is 6.56. The van der Waals surface area contributed by atoms with Crippen LogP contribution in [0.1, 0.15) is 19.4 Å². The first kappa shape index (κ1) is 16.0. The molecular weight excluding hydrogens is 258 g/mol. The first-order valence-corrected chi connectivity index (χ1v) is 6.57. The number of ether oxygens (including phenoxy) is 2.